The van der Waals surface area contributed by atoms with E-state index in [4.69, 9.17) is 4.74 Å². The number of ketones is 1. The molecule has 2 aliphatic rings. The van der Waals surface area contributed by atoms with Crippen LogP contribution in [0.2, 0.25) is 0 Å². The summed E-state index contributed by atoms with van der Waals surface area (Å²) in [6.07, 6.45) is 5.58. The van der Waals surface area contributed by atoms with Crippen molar-refractivity contribution < 1.29 is 9.53 Å². The Morgan fingerprint density at radius 3 is 2.78 bits per heavy atom. The molecule has 0 amide bonds. The second-order valence-corrected chi connectivity index (χ2v) is 6.16. The van der Waals surface area contributed by atoms with Crippen LogP contribution in [0.15, 0.2) is 29.2 Å². The van der Waals surface area contributed by atoms with Crippen LogP contribution in [0, 0.1) is 5.92 Å². The fourth-order valence-corrected chi connectivity index (χ4v) is 3.81. The molecule has 0 aromatic heterocycles. The summed E-state index contributed by atoms with van der Waals surface area (Å²) in [4.78, 5) is 13.6. The van der Waals surface area contributed by atoms with E-state index in [1.807, 2.05) is 18.2 Å². The van der Waals surface area contributed by atoms with Crippen molar-refractivity contribution in [1.29, 1.82) is 0 Å². The quantitative estimate of drug-likeness (QED) is 0.813. The minimum atomic E-state index is -0.229. The Hall–Kier alpha value is -0.960. The molecule has 1 unspecified atom stereocenters. The highest BCUT2D eigenvalue weighted by molar-refractivity contribution is 7.99. The molecule has 1 aliphatic carbocycles. The lowest BCUT2D eigenvalue weighted by molar-refractivity contribution is -0.130. The Morgan fingerprint density at radius 1 is 1.17 bits per heavy atom. The van der Waals surface area contributed by atoms with Crippen LogP contribution in [0.4, 0.5) is 0 Å². The van der Waals surface area contributed by atoms with Gasteiger partial charge in [-0.25, -0.2) is 0 Å². The molecule has 1 saturated carbocycles. The van der Waals surface area contributed by atoms with Crippen LogP contribution in [-0.2, 0) is 4.79 Å². The summed E-state index contributed by atoms with van der Waals surface area (Å²) in [5.74, 6) is 2.22. The maximum atomic E-state index is 12.4. The molecular formula is C15H18O2S. The van der Waals surface area contributed by atoms with E-state index in [0.717, 1.165) is 29.2 Å². The molecule has 1 aromatic carbocycles. The minimum absolute atomic E-state index is 0.229. The highest BCUT2D eigenvalue weighted by atomic mass is 32.2. The number of carbonyl (C=O) groups excluding carboxylic acids is 1. The monoisotopic (exact) mass is 262 g/mol. The Labute approximate surface area is 112 Å². The zero-order valence-electron chi connectivity index (χ0n) is 10.4. The maximum absolute atomic E-state index is 12.4. The second-order valence-electron chi connectivity index (χ2n) is 5.10. The smallest absolute Gasteiger partial charge is 0.177 e. The Morgan fingerprint density at radius 2 is 1.94 bits per heavy atom. The number of carbonyl (C=O) groups is 1. The van der Waals surface area contributed by atoms with Gasteiger partial charge in [-0.3, -0.25) is 4.79 Å². The van der Waals surface area contributed by atoms with Crippen LogP contribution in [0.1, 0.15) is 32.1 Å². The number of hydrogen-bond donors (Lipinski definition) is 0. The Bertz CT molecular complexity index is 438. The third-order valence-electron chi connectivity index (χ3n) is 3.83. The first-order chi connectivity index (χ1) is 8.84. The van der Waals surface area contributed by atoms with Gasteiger partial charge in [-0.2, -0.15) is 0 Å². The van der Waals surface area contributed by atoms with Crippen LogP contribution < -0.4 is 4.74 Å². The lowest BCUT2D eigenvalue weighted by Crippen LogP contribution is -2.37. The second kappa shape index (κ2) is 5.35. The van der Waals surface area contributed by atoms with E-state index < -0.39 is 0 Å². The Balaban J connectivity index is 1.69. The first kappa shape index (κ1) is 12.1. The van der Waals surface area contributed by atoms with Crippen molar-refractivity contribution >= 4 is 17.5 Å². The third kappa shape index (κ3) is 2.41. The molecule has 1 atom stereocenters. The first-order valence-corrected chi connectivity index (χ1v) is 7.75. The number of Topliss-reactive ketones (excluding diaryl/α,β-unsaturated/α-hetero) is 1. The van der Waals surface area contributed by atoms with Crippen molar-refractivity contribution in [2.75, 3.05) is 5.75 Å². The molecule has 0 N–H and O–H groups in total. The molecule has 96 valence electrons. The van der Waals surface area contributed by atoms with Gasteiger partial charge < -0.3 is 4.74 Å². The van der Waals surface area contributed by atoms with Crippen molar-refractivity contribution in [3.05, 3.63) is 24.3 Å². The van der Waals surface area contributed by atoms with Gasteiger partial charge in [0.05, 0.1) is 0 Å². The molecule has 0 saturated heterocycles. The summed E-state index contributed by atoms with van der Waals surface area (Å²) >= 11 is 1.74. The van der Waals surface area contributed by atoms with Crippen molar-refractivity contribution in [2.45, 2.75) is 43.1 Å². The summed E-state index contributed by atoms with van der Waals surface area (Å²) < 4.78 is 5.88. The summed E-state index contributed by atoms with van der Waals surface area (Å²) in [6, 6.07) is 8.00. The molecule has 0 radical (unpaired) electrons. The number of ether oxygens (including phenoxy) is 1. The zero-order chi connectivity index (χ0) is 12.4. The molecule has 3 heteroatoms. The van der Waals surface area contributed by atoms with Gasteiger partial charge in [0.15, 0.2) is 11.9 Å². The number of fused-ring (bicyclic) bond motifs is 1. The van der Waals surface area contributed by atoms with Gasteiger partial charge in [0.25, 0.3) is 0 Å². The van der Waals surface area contributed by atoms with E-state index in [0.29, 0.717) is 5.78 Å². The van der Waals surface area contributed by atoms with Crippen LogP contribution in [0.5, 0.6) is 5.75 Å². The predicted molar refractivity (Wildman–Crippen MR) is 73.2 cm³/mol. The third-order valence-corrected chi connectivity index (χ3v) is 4.95. The van der Waals surface area contributed by atoms with Crippen LogP contribution >= 0.6 is 11.8 Å². The molecular weight excluding hydrogens is 244 g/mol. The van der Waals surface area contributed by atoms with Crippen LogP contribution in [-0.4, -0.2) is 17.6 Å². The van der Waals surface area contributed by atoms with Crippen molar-refractivity contribution in [1.82, 2.24) is 0 Å². The van der Waals surface area contributed by atoms with Gasteiger partial charge >= 0.3 is 0 Å². The summed E-state index contributed by atoms with van der Waals surface area (Å²) in [5.41, 5.74) is 0. The van der Waals surface area contributed by atoms with E-state index in [9.17, 15) is 4.79 Å². The van der Waals surface area contributed by atoms with E-state index in [1.165, 1.54) is 19.3 Å². The lowest BCUT2D eigenvalue weighted by Gasteiger charge is -2.29. The molecule has 1 heterocycles. The van der Waals surface area contributed by atoms with E-state index in [-0.39, 0.29) is 12.0 Å². The summed E-state index contributed by atoms with van der Waals surface area (Å²) in [6.45, 7) is 0. The average Bonchev–Trinajstić information content (AvgIpc) is 2.47. The number of benzene rings is 1. The number of rotatable bonds is 2. The highest BCUT2D eigenvalue weighted by Gasteiger charge is 2.32. The number of thioether (sulfide) groups is 1. The van der Waals surface area contributed by atoms with Gasteiger partial charge in [-0.15, -0.1) is 11.8 Å². The van der Waals surface area contributed by atoms with Gasteiger partial charge in [0, 0.05) is 16.6 Å². The fraction of sp³-hybridized carbons (Fsp3) is 0.533. The summed E-state index contributed by atoms with van der Waals surface area (Å²) in [7, 11) is 0. The van der Waals surface area contributed by atoms with Crippen molar-refractivity contribution in [2.24, 2.45) is 5.92 Å². The molecule has 1 aromatic rings. The lowest BCUT2D eigenvalue weighted by atomic mass is 9.84. The van der Waals surface area contributed by atoms with Crippen molar-refractivity contribution in [3.63, 3.8) is 0 Å². The number of para-hydroxylation sites is 1. The van der Waals surface area contributed by atoms with E-state index >= 15 is 0 Å². The standard InChI is InChI=1S/C15H18O2S/c16-15(11-6-2-1-3-7-11)13-10-18-14-9-5-4-8-12(14)17-13/h4-5,8-9,11,13H,1-3,6-7,10H2. The normalized spacial score (nSPS) is 24.1. The molecule has 0 spiro atoms. The van der Waals surface area contributed by atoms with Gasteiger partial charge in [-0.05, 0) is 25.0 Å². The van der Waals surface area contributed by atoms with E-state index in [1.54, 1.807) is 11.8 Å². The molecule has 18 heavy (non-hydrogen) atoms. The molecule has 1 aliphatic heterocycles. The molecule has 1 fully saturated rings. The first-order valence-electron chi connectivity index (χ1n) is 6.77. The van der Waals surface area contributed by atoms with Gasteiger partial charge in [0.1, 0.15) is 5.75 Å². The largest absolute Gasteiger partial charge is 0.481 e. The van der Waals surface area contributed by atoms with Gasteiger partial charge in [-0.1, -0.05) is 31.4 Å². The molecule has 0 bridgehead atoms. The average molecular weight is 262 g/mol. The minimum Gasteiger partial charge on any atom is -0.481 e. The fourth-order valence-electron chi connectivity index (χ4n) is 2.81. The molecule has 3 rings (SSSR count). The van der Waals surface area contributed by atoms with Gasteiger partial charge in [0.2, 0.25) is 0 Å². The van der Waals surface area contributed by atoms with Crippen LogP contribution in [0.25, 0.3) is 0 Å². The topological polar surface area (TPSA) is 26.3 Å². The maximum Gasteiger partial charge on any atom is 0.177 e. The highest BCUT2D eigenvalue weighted by Crippen LogP contribution is 2.37. The number of hydrogen-bond acceptors (Lipinski definition) is 3. The predicted octanol–water partition coefficient (Wildman–Crippen LogP) is 3.69. The zero-order valence-corrected chi connectivity index (χ0v) is 11.2. The Kier molecular flexibility index (Phi) is 3.59. The summed E-state index contributed by atoms with van der Waals surface area (Å²) in [5, 5.41) is 0. The SMILES string of the molecule is O=C(C1CCCCC1)C1CSc2ccccc2O1. The van der Waals surface area contributed by atoms with E-state index in [2.05, 4.69) is 6.07 Å². The van der Waals surface area contributed by atoms with Crippen LogP contribution in [0.3, 0.4) is 0 Å². The molecule has 2 nitrogen and oxygen atoms in total. The van der Waals surface area contributed by atoms with Crippen molar-refractivity contribution in [3.8, 4) is 5.75 Å².